The summed E-state index contributed by atoms with van der Waals surface area (Å²) in [5, 5.41) is 10.8. The Morgan fingerprint density at radius 1 is 1.25 bits per heavy atom. The Bertz CT molecular complexity index is 873. The Balaban J connectivity index is 1.69. The summed E-state index contributed by atoms with van der Waals surface area (Å²) < 4.78 is 21.8. The Labute approximate surface area is 161 Å². The Morgan fingerprint density at radius 3 is 2.64 bits per heavy atom. The third-order valence-corrected chi connectivity index (χ3v) is 7.42. The summed E-state index contributed by atoms with van der Waals surface area (Å²) >= 11 is 0. The van der Waals surface area contributed by atoms with E-state index in [2.05, 4.69) is 0 Å². The number of hydrogen-bond donors (Lipinski definition) is 1. The fraction of sp³-hybridized carbons (Fsp3) is 0.650. The van der Waals surface area contributed by atoms with Gasteiger partial charge in [-0.05, 0) is 31.1 Å². The van der Waals surface area contributed by atoms with Gasteiger partial charge in [-0.15, -0.1) is 0 Å². The van der Waals surface area contributed by atoms with Gasteiger partial charge in [0.25, 0.3) is 0 Å². The average molecular weight is 390 g/mol. The molecule has 150 valence electrons. The topological polar surface area (TPSA) is 112 Å². The van der Waals surface area contributed by atoms with E-state index in [1.807, 2.05) is 6.92 Å². The molecule has 1 N–H and O–H groups in total. The summed E-state index contributed by atoms with van der Waals surface area (Å²) in [7, 11) is 1.28. The summed E-state index contributed by atoms with van der Waals surface area (Å²) in [6.07, 6.45) is -0.0649. The number of cyclic esters (lactones) is 1. The molecule has 3 heterocycles. The lowest BCUT2D eigenvalue weighted by Crippen LogP contribution is -2.60. The first kappa shape index (κ1) is 17.9. The molecular weight excluding hydrogens is 368 g/mol. The van der Waals surface area contributed by atoms with Gasteiger partial charge in [0.15, 0.2) is 0 Å². The molecule has 5 aliphatic rings. The average Bonchev–Trinajstić information content (AvgIpc) is 3.42. The van der Waals surface area contributed by atoms with E-state index in [9.17, 15) is 19.5 Å². The summed E-state index contributed by atoms with van der Waals surface area (Å²) in [6.45, 7) is 5.28. The van der Waals surface area contributed by atoms with Crippen molar-refractivity contribution in [2.45, 2.75) is 51.3 Å². The van der Waals surface area contributed by atoms with Gasteiger partial charge in [-0.2, -0.15) is 0 Å². The zero-order chi connectivity index (χ0) is 20.2. The van der Waals surface area contributed by atoms with Crippen molar-refractivity contribution in [3.05, 3.63) is 23.3 Å². The van der Waals surface area contributed by atoms with Crippen LogP contribution in [-0.2, 0) is 33.3 Å². The molecule has 28 heavy (non-hydrogen) atoms. The van der Waals surface area contributed by atoms with Crippen LogP contribution >= 0.6 is 0 Å². The number of aliphatic hydroxyl groups excluding tert-OH is 1. The summed E-state index contributed by atoms with van der Waals surface area (Å²) in [6, 6.07) is 0. The highest BCUT2D eigenvalue weighted by Crippen LogP contribution is 2.69. The second-order valence-corrected chi connectivity index (χ2v) is 8.73. The van der Waals surface area contributed by atoms with Gasteiger partial charge in [0.1, 0.15) is 23.7 Å². The molecule has 1 unspecified atom stereocenters. The Morgan fingerprint density at radius 2 is 1.96 bits per heavy atom. The van der Waals surface area contributed by atoms with Crippen molar-refractivity contribution < 1.29 is 38.4 Å². The van der Waals surface area contributed by atoms with Gasteiger partial charge in [0, 0.05) is 17.4 Å². The molecule has 3 aliphatic heterocycles. The molecule has 0 aromatic heterocycles. The lowest BCUT2D eigenvalue weighted by molar-refractivity contribution is -0.155. The van der Waals surface area contributed by atoms with Crippen molar-refractivity contribution in [3.8, 4) is 0 Å². The molecule has 0 bridgehead atoms. The van der Waals surface area contributed by atoms with E-state index in [0.717, 1.165) is 0 Å². The predicted octanol–water partition coefficient (Wildman–Crippen LogP) is 0.283. The molecule has 0 aromatic rings. The minimum Gasteiger partial charge on any atom is -0.469 e. The molecule has 0 aromatic carbocycles. The van der Waals surface area contributed by atoms with Crippen molar-refractivity contribution in [2.75, 3.05) is 7.11 Å². The van der Waals surface area contributed by atoms with Crippen molar-refractivity contribution >= 4 is 17.9 Å². The van der Waals surface area contributed by atoms with E-state index >= 15 is 0 Å². The number of epoxide rings is 1. The highest BCUT2D eigenvalue weighted by molar-refractivity contribution is 5.89. The maximum Gasteiger partial charge on any atom is 0.331 e. The SMILES string of the molecule is COC(=O)C(C)[C@H]1OC(=O)C=C2C1=C[C@H]1OC(=O)[C@]3(C)[C@H]1[C@]2(C)[C@H]1O[C@H]1[C@H]3O. The largest absolute Gasteiger partial charge is 0.469 e. The second kappa shape index (κ2) is 5.24. The molecule has 2 saturated heterocycles. The molecule has 2 aliphatic carbocycles. The highest BCUT2D eigenvalue weighted by Gasteiger charge is 2.79. The molecular formula is C20H22O8. The van der Waals surface area contributed by atoms with E-state index in [0.29, 0.717) is 11.1 Å². The molecule has 0 amide bonds. The first-order valence-electron chi connectivity index (χ1n) is 9.43. The van der Waals surface area contributed by atoms with Gasteiger partial charge in [0.05, 0.1) is 25.2 Å². The van der Waals surface area contributed by atoms with E-state index < -0.39 is 59.1 Å². The quantitative estimate of drug-likeness (QED) is 0.407. The van der Waals surface area contributed by atoms with Crippen LogP contribution in [0, 0.1) is 22.7 Å². The van der Waals surface area contributed by atoms with Crippen LogP contribution in [0.25, 0.3) is 0 Å². The van der Waals surface area contributed by atoms with Crippen molar-refractivity contribution in [1.82, 2.24) is 0 Å². The van der Waals surface area contributed by atoms with Crippen molar-refractivity contribution in [2.24, 2.45) is 22.7 Å². The number of hydrogen-bond acceptors (Lipinski definition) is 8. The minimum atomic E-state index is -1.13. The molecule has 1 saturated carbocycles. The molecule has 0 radical (unpaired) electrons. The number of methoxy groups -OCH3 is 1. The molecule has 3 fully saturated rings. The van der Waals surface area contributed by atoms with Crippen LogP contribution in [0.3, 0.4) is 0 Å². The number of carbonyl (C=O) groups is 3. The van der Waals surface area contributed by atoms with Crippen LogP contribution in [0.5, 0.6) is 0 Å². The number of rotatable bonds is 2. The van der Waals surface area contributed by atoms with E-state index in [4.69, 9.17) is 18.9 Å². The first-order valence-corrected chi connectivity index (χ1v) is 9.43. The molecule has 8 heteroatoms. The molecule has 9 atom stereocenters. The summed E-state index contributed by atoms with van der Waals surface area (Å²) in [4.78, 5) is 37.3. The summed E-state index contributed by atoms with van der Waals surface area (Å²) in [5.41, 5.74) is -0.531. The smallest absolute Gasteiger partial charge is 0.331 e. The minimum absolute atomic E-state index is 0.340. The van der Waals surface area contributed by atoms with Crippen LogP contribution < -0.4 is 0 Å². The number of aliphatic hydroxyl groups is 1. The first-order chi connectivity index (χ1) is 13.1. The van der Waals surface area contributed by atoms with Crippen LogP contribution in [0.1, 0.15) is 20.8 Å². The number of esters is 3. The van der Waals surface area contributed by atoms with Crippen LogP contribution in [-0.4, -0.2) is 60.6 Å². The summed E-state index contributed by atoms with van der Waals surface area (Å²) in [5.74, 6) is -2.64. The fourth-order valence-corrected chi connectivity index (χ4v) is 5.96. The van der Waals surface area contributed by atoms with Gasteiger partial charge in [-0.1, -0.05) is 6.92 Å². The lowest BCUT2D eigenvalue weighted by Gasteiger charge is -2.52. The standard InChI is InChI=1S/C20H22O8/c1-7(17(23)25-4)12-8-5-10-14-19(2,9(8)6-11(21)27-12)16-13(28-16)15(22)20(14,3)18(24)26-10/h5-7,10,12-16,22H,1-4H3/t7?,10-,12-,13+,14-,15-,16+,19-,20-/m1/s1. The van der Waals surface area contributed by atoms with Gasteiger partial charge in [0.2, 0.25) is 0 Å². The maximum absolute atomic E-state index is 12.8. The van der Waals surface area contributed by atoms with Crippen molar-refractivity contribution in [3.63, 3.8) is 0 Å². The third kappa shape index (κ3) is 1.85. The third-order valence-electron chi connectivity index (χ3n) is 7.42. The van der Waals surface area contributed by atoms with Crippen LogP contribution in [0.15, 0.2) is 23.3 Å². The molecule has 5 rings (SSSR count). The fourth-order valence-electron chi connectivity index (χ4n) is 5.96. The molecule has 0 spiro atoms. The monoisotopic (exact) mass is 390 g/mol. The lowest BCUT2D eigenvalue weighted by atomic mass is 9.48. The van der Waals surface area contributed by atoms with Gasteiger partial charge >= 0.3 is 17.9 Å². The van der Waals surface area contributed by atoms with Crippen molar-refractivity contribution in [1.29, 1.82) is 0 Å². The normalized spacial score (nSPS) is 48.8. The number of fused-ring (bicyclic) bond motifs is 4. The molecule has 8 nitrogen and oxygen atoms in total. The zero-order valence-electron chi connectivity index (χ0n) is 16.0. The predicted molar refractivity (Wildman–Crippen MR) is 91.5 cm³/mol. The maximum atomic E-state index is 12.8. The second-order valence-electron chi connectivity index (χ2n) is 8.73. The Hall–Kier alpha value is -2.19. The number of ether oxygens (including phenoxy) is 4. The highest BCUT2D eigenvalue weighted by atomic mass is 16.6. The van der Waals surface area contributed by atoms with Gasteiger partial charge < -0.3 is 24.1 Å². The van der Waals surface area contributed by atoms with E-state index in [1.165, 1.54) is 13.2 Å². The zero-order valence-corrected chi connectivity index (χ0v) is 16.0. The van der Waals surface area contributed by atoms with Gasteiger partial charge in [-0.3, -0.25) is 9.59 Å². The van der Waals surface area contributed by atoms with E-state index in [1.54, 1.807) is 19.9 Å². The van der Waals surface area contributed by atoms with Crippen LogP contribution in [0.4, 0.5) is 0 Å². The van der Waals surface area contributed by atoms with Gasteiger partial charge in [-0.25, -0.2) is 4.79 Å². The van der Waals surface area contributed by atoms with Crippen LogP contribution in [0.2, 0.25) is 0 Å². The Kier molecular flexibility index (Phi) is 3.35. The van der Waals surface area contributed by atoms with E-state index in [-0.39, 0.29) is 12.0 Å². The number of carbonyl (C=O) groups excluding carboxylic acids is 3.